The third-order valence-corrected chi connectivity index (χ3v) is 0.0956. The first-order chi connectivity index (χ1) is 2.27. The van der Waals surface area contributed by atoms with Crippen molar-refractivity contribution >= 4 is 29.0 Å². The summed E-state index contributed by atoms with van der Waals surface area (Å²) in [6.07, 6.45) is 0. The molecule has 0 aromatic heterocycles. The molecule has 4 heteroatoms. The summed E-state index contributed by atoms with van der Waals surface area (Å²) in [6, 6.07) is 0.944. The molecule has 0 saturated heterocycles. The minimum Gasteiger partial charge on any atom is -0.470 e. The predicted molar refractivity (Wildman–Crippen MR) is 21.8 cm³/mol. The van der Waals surface area contributed by atoms with E-state index in [-0.39, 0.29) is 23.1 Å². The second kappa shape index (κ2) is 4.73. The van der Waals surface area contributed by atoms with Crippen molar-refractivity contribution in [1.29, 1.82) is 5.26 Å². The highest BCUT2D eigenvalue weighted by atomic mass is 24.3. The van der Waals surface area contributed by atoms with Gasteiger partial charge in [0.2, 0.25) is 0 Å². The van der Waals surface area contributed by atoms with Crippen LogP contribution in [0.4, 0.5) is 0 Å². The number of nitrogens with zero attached hydrogens (tertiary/aromatic N) is 1. The lowest BCUT2D eigenvalue weighted by molar-refractivity contribution is -0.130. The lowest BCUT2D eigenvalue weighted by atomic mass is 10.8. The van der Waals surface area contributed by atoms with Crippen molar-refractivity contribution in [3.63, 3.8) is 0 Å². The van der Waals surface area contributed by atoms with Crippen LogP contribution in [0.25, 0.3) is 0 Å². The lowest BCUT2D eigenvalue weighted by Crippen LogP contribution is -1.83. The van der Waals surface area contributed by atoms with Crippen LogP contribution in [0.1, 0.15) is 0 Å². The number of aliphatic carboxylic acids is 1. The number of carbonyl (C=O) groups is 1. The monoisotopic (exact) mass is 97.0 g/mol. The van der Waals surface area contributed by atoms with E-state index in [0.29, 0.717) is 0 Å². The van der Waals surface area contributed by atoms with Crippen molar-refractivity contribution in [2.45, 2.75) is 0 Å². The van der Waals surface area contributed by atoms with Gasteiger partial charge in [0, 0.05) is 0 Å². The highest BCUT2D eigenvalue weighted by molar-refractivity contribution is 5.83. The van der Waals surface area contributed by atoms with Crippen LogP contribution in [0.15, 0.2) is 0 Å². The summed E-state index contributed by atoms with van der Waals surface area (Å²) in [4.78, 5) is 9.01. The van der Waals surface area contributed by atoms with Gasteiger partial charge in [-0.15, -0.1) is 0 Å². The Labute approximate surface area is 50.7 Å². The number of hydrogen-bond acceptors (Lipinski definition) is 2. The van der Waals surface area contributed by atoms with Gasteiger partial charge in [0.05, 0.1) is 0 Å². The van der Waals surface area contributed by atoms with Crippen molar-refractivity contribution in [3.8, 4) is 6.07 Å². The SMILES string of the molecule is N#CC(=O)O.[MgH2]. The van der Waals surface area contributed by atoms with E-state index in [1.807, 2.05) is 0 Å². The molecule has 0 aliphatic heterocycles. The van der Waals surface area contributed by atoms with E-state index in [1.54, 1.807) is 0 Å². The molecule has 0 fully saturated rings. The molecule has 1 N–H and O–H groups in total. The average Bonchev–Trinajstić information content (AvgIpc) is 1.38. The molecule has 0 saturated carbocycles. The predicted octanol–water partition coefficient (Wildman–Crippen LogP) is -1.32. The molecule has 0 heterocycles. The Morgan fingerprint density at radius 2 is 2.00 bits per heavy atom. The molecular weight excluding hydrogens is 94.3 g/mol. The first kappa shape index (κ1) is 9.21. The molecular formula is C2H3MgNO2. The van der Waals surface area contributed by atoms with Crippen LogP contribution in [-0.2, 0) is 4.79 Å². The maximum atomic E-state index is 9.01. The molecule has 0 aromatic rings. The summed E-state index contributed by atoms with van der Waals surface area (Å²) >= 11 is 0. The van der Waals surface area contributed by atoms with E-state index >= 15 is 0 Å². The minimum absolute atomic E-state index is 0. The fraction of sp³-hybridized carbons (Fsp3) is 0. The van der Waals surface area contributed by atoms with Crippen molar-refractivity contribution in [2.24, 2.45) is 0 Å². The zero-order valence-electron chi connectivity index (χ0n) is 2.30. The quantitative estimate of drug-likeness (QED) is 0.232. The average molecular weight is 97.4 g/mol. The smallest absolute Gasteiger partial charge is 0.408 e. The van der Waals surface area contributed by atoms with Crippen molar-refractivity contribution in [2.75, 3.05) is 0 Å². The van der Waals surface area contributed by atoms with E-state index in [2.05, 4.69) is 0 Å². The van der Waals surface area contributed by atoms with Gasteiger partial charge in [-0.2, -0.15) is 5.26 Å². The van der Waals surface area contributed by atoms with E-state index in [1.165, 1.54) is 0 Å². The van der Waals surface area contributed by atoms with E-state index in [9.17, 15) is 0 Å². The molecule has 0 amide bonds. The Morgan fingerprint density at radius 3 is 2.00 bits per heavy atom. The van der Waals surface area contributed by atoms with Crippen LogP contribution >= 0.6 is 0 Å². The second-order valence-corrected chi connectivity index (χ2v) is 0.417. The fourth-order valence-electron chi connectivity index (χ4n) is 0. The molecule has 0 unspecified atom stereocenters. The van der Waals surface area contributed by atoms with Gasteiger partial charge >= 0.3 is 29.0 Å². The van der Waals surface area contributed by atoms with Gasteiger partial charge in [0.25, 0.3) is 0 Å². The summed E-state index contributed by atoms with van der Waals surface area (Å²) in [5.41, 5.74) is 0. The Bertz CT molecular complexity index is 84.0. The van der Waals surface area contributed by atoms with Crippen LogP contribution < -0.4 is 0 Å². The highest BCUT2D eigenvalue weighted by Crippen LogP contribution is 1.44. The number of carboxylic acid groups (broad SMARTS) is 1. The van der Waals surface area contributed by atoms with Gasteiger partial charge in [-0.1, -0.05) is 0 Å². The lowest BCUT2D eigenvalue weighted by Gasteiger charge is -1.56. The molecule has 0 bridgehead atoms. The molecule has 3 nitrogen and oxygen atoms in total. The largest absolute Gasteiger partial charge is 0.470 e. The van der Waals surface area contributed by atoms with Gasteiger partial charge < -0.3 is 5.11 Å². The molecule has 0 radical (unpaired) electrons. The first-order valence-corrected chi connectivity index (χ1v) is 0.901. The zero-order valence-corrected chi connectivity index (χ0v) is 2.30. The van der Waals surface area contributed by atoms with Crippen molar-refractivity contribution in [1.82, 2.24) is 0 Å². The van der Waals surface area contributed by atoms with Crippen LogP contribution in [0.2, 0.25) is 0 Å². The Balaban J connectivity index is 0. The van der Waals surface area contributed by atoms with Gasteiger partial charge in [-0.25, -0.2) is 4.79 Å². The van der Waals surface area contributed by atoms with Gasteiger partial charge in [0.15, 0.2) is 6.07 Å². The molecule has 0 spiro atoms. The van der Waals surface area contributed by atoms with Crippen LogP contribution in [0, 0.1) is 11.3 Å². The normalized spacial score (nSPS) is 4.50. The van der Waals surface area contributed by atoms with E-state index < -0.39 is 5.97 Å². The van der Waals surface area contributed by atoms with E-state index in [0.717, 1.165) is 6.07 Å². The number of carboxylic acids is 1. The number of nitriles is 1. The number of rotatable bonds is 0. The Kier molecular flexibility index (Phi) is 7.26. The summed E-state index contributed by atoms with van der Waals surface area (Å²) in [5, 5.41) is 14.7. The second-order valence-electron chi connectivity index (χ2n) is 0.417. The van der Waals surface area contributed by atoms with Gasteiger partial charge in [-0.3, -0.25) is 0 Å². The van der Waals surface area contributed by atoms with Crippen molar-refractivity contribution < 1.29 is 9.90 Å². The zero-order chi connectivity index (χ0) is 4.28. The molecule has 0 atom stereocenters. The van der Waals surface area contributed by atoms with Crippen molar-refractivity contribution in [3.05, 3.63) is 0 Å². The summed E-state index contributed by atoms with van der Waals surface area (Å²) in [5.74, 6) is -1.44. The Hall–Kier alpha value is -0.274. The standard InChI is InChI=1S/C2HNO2.Mg.2H/c3-1-2(4)5;;;/h(H,4,5);;;. The topological polar surface area (TPSA) is 61.1 Å². The fourth-order valence-corrected chi connectivity index (χ4v) is 0. The summed E-state index contributed by atoms with van der Waals surface area (Å²) < 4.78 is 0. The molecule has 0 rings (SSSR count). The third-order valence-electron chi connectivity index (χ3n) is 0.0956. The molecule has 0 aliphatic carbocycles. The third kappa shape index (κ3) is 9.29. The van der Waals surface area contributed by atoms with E-state index in [4.69, 9.17) is 15.2 Å². The van der Waals surface area contributed by atoms with Crippen LogP contribution in [-0.4, -0.2) is 34.1 Å². The Morgan fingerprint density at radius 1 is 1.83 bits per heavy atom. The summed E-state index contributed by atoms with van der Waals surface area (Å²) in [6.45, 7) is 0. The van der Waals surface area contributed by atoms with Crippen LogP contribution in [0.5, 0.6) is 0 Å². The number of hydrogen-bond donors (Lipinski definition) is 1. The molecule has 0 aliphatic rings. The molecule has 6 heavy (non-hydrogen) atoms. The summed E-state index contributed by atoms with van der Waals surface area (Å²) in [7, 11) is 0. The highest BCUT2D eigenvalue weighted by Gasteiger charge is 1.79. The molecule has 0 aromatic carbocycles. The first-order valence-electron chi connectivity index (χ1n) is 0.901. The minimum atomic E-state index is -1.44. The van der Waals surface area contributed by atoms with Gasteiger partial charge in [-0.05, 0) is 0 Å². The maximum Gasteiger partial charge on any atom is 0.408 e. The van der Waals surface area contributed by atoms with Gasteiger partial charge in [0.1, 0.15) is 0 Å². The maximum absolute atomic E-state index is 9.01. The molecule has 30 valence electrons. The van der Waals surface area contributed by atoms with Crippen LogP contribution in [0.3, 0.4) is 0 Å².